The summed E-state index contributed by atoms with van der Waals surface area (Å²) in [6.45, 7) is 3.19. The Kier molecular flexibility index (Phi) is 4.87. The molecule has 1 aromatic heterocycles. The van der Waals surface area contributed by atoms with Gasteiger partial charge < -0.3 is 10.1 Å². The van der Waals surface area contributed by atoms with Crippen LogP contribution in [-0.4, -0.2) is 17.0 Å². The van der Waals surface area contributed by atoms with Crippen molar-refractivity contribution in [2.75, 3.05) is 7.05 Å². The summed E-state index contributed by atoms with van der Waals surface area (Å²) in [5.74, 6) is 0. The molecule has 0 amide bonds. The van der Waals surface area contributed by atoms with Gasteiger partial charge in [-0.25, -0.2) is 9.97 Å². The van der Waals surface area contributed by atoms with E-state index in [1.54, 1.807) is 6.20 Å². The molecule has 2 aromatic rings. The SMILES string of the molecule is CNCc1cnc(OCc2ccc(Br)cc2)nc1C. The van der Waals surface area contributed by atoms with E-state index in [2.05, 4.69) is 31.2 Å². The number of ether oxygens (including phenoxy) is 1. The topological polar surface area (TPSA) is 47.0 Å². The second-order valence-electron chi connectivity index (χ2n) is 4.21. The number of hydrogen-bond donors (Lipinski definition) is 1. The highest BCUT2D eigenvalue weighted by atomic mass is 79.9. The molecule has 0 aliphatic heterocycles. The maximum atomic E-state index is 5.59. The van der Waals surface area contributed by atoms with Crippen LogP contribution in [0.4, 0.5) is 0 Å². The Morgan fingerprint density at radius 1 is 1.26 bits per heavy atom. The fourth-order valence-corrected chi connectivity index (χ4v) is 1.90. The Morgan fingerprint density at radius 2 is 2.00 bits per heavy atom. The minimum Gasteiger partial charge on any atom is -0.459 e. The van der Waals surface area contributed by atoms with E-state index in [9.17, 15) is 0 Å². The summed E-state index contributed by atoms with van der Waals surface area (Å²) in [7, 11) is 1.90. The van der Waals surface area contributed by atoms with Gasteiger partial charge in [-0.05, 0) is 31.7 Å². The third-order valence-corrected chi connectivity index (χ3v) is 3.24. The van der Waals surface area contributed by atoms with Gasteiger partial charge in [-0.1, -0.05) is 28.1 Å². The van der Waals surface area contributed by atoms with Gasteiger partial charge in [0.1, 0.15) is 6.61 Å². The number of halogens is 1. The molecule has 1 N–H and O–H groups in total. The second kappa shape index (κ2) is 6.63. The Balaban J connectivity index is 1.99. The van der Waals surface area contributed by atoms with E-state index < -0.39 is 0 Å². The molecule has 1 aromatic carbocycles. The summed E-state index contributed by atoms with van der Waals surface area (Å²) in [5, 5.41) is 3.08. The molecule has 100 valence electrons. The van der Waals surface area contributed by atoms with Gasteiger partial charge in [-0.2, -0.15) is 0 Å². The summed E-state index contributed by atoms with van der Waals surface area (Å²) in [6, 6.07) is 8.40. The molecule has 0 atom stereocenters. The second-order valence-corrected chi connectivity index (χ2v) is 5.12. The summed E-state index contributed by atoms with van der Waals surface area (Å²) in [6.07, 6.45) is 1.80. The van der Waals surface area contributed by atoms with E-state index in [1.165, 1.54) is 0 Å². The zero-order chi connectivity index (χ0) is 13.7. The Morgan fingerprint density at radius 3 is 2.63 bits per heavy atom. The van der Waals surface area contributed by atoms with Gasteiger partial charge in [0, 0.05) is 28.5 Å². The van der Waals surface area contributed by atoms with E-state index in [4.69, 9.17) is 4.74 Å². The Bertz CT molecular complexity index is 543. The average molecular weight is 322 g/mol. The van der Waals surface area contributed by atoms with Crippen LogP contribution in [0.3, 0.4) is 0 Å². The lowest BCUT2D eigenvalue weighted by molar-refractivity contribution is 0.279. The molecule has 0 saturated carbocycles. The minimum absolute atomic E-state index is 0.417. The molecule has 0 fully saturated rings. The predicted molar refractivity (Wildman–Crippen MR) is 78.0 cm³/mol. The maximum Gasteiger partial charge on any atom is 0.316 e. The van der Waals surface area contributed by atoms with Crippen molar-refractivity contribution in [2.24, 2.45) is 0 Å². The highest BCUT2D eigenvalue weighted by Gasteiger charge is 2.04. The van der Waals surface area contributed by atoms with Gasteiger partial charge >= 0.3 is 6.01 Å². The van der Waals surface area contributed by atoms with Crippen LogP contribution in [-0.2, 0) is 13.2 Å². The molecule has 4 nitrogen and oxygen atoms in total. The molecule has 5 heteroatoms. The van der Waals surface area contributed by atoms with Crippen LogP contribution >= 0.6 is 15.9 Å². The molecule has 0 unspecified atom stereocenters. The quantitative estimate of drug-likeness (QED) is 0.919. The molecular formula is C14H16BrN3O. The average Bonchev–Trinajstić information content (AvgIpc) is 2.41. The Hall–Kier alpha value is -1.46. The lowest BCUT2D eigenvalue weighted by Gasteiger charge is -2.08. The van der Waals surface area contributed by atoms with Crippen LogP contribution < -0.4 is 10.1 Å². The lowest BCUT2D eigenvalue weighted by atomic mass is 10.2. The number of hydrogen-bond acceptors (Lipinski definition) is 4. The molecule has 19 heavy (non-hydrogen) atoms. The van der Waals surface area contributed by atoms with Gasteiger partial charge in [0.25, 0.3) is 0 Å². The zero-order valence-corrected chi connectivity index (χ0v) is 12.6. The maximum absolute atomic E-state index is 5.59. The van der Waals surface area contributed by atoms with Gasteiger partial charge in [0.05, 0.1) is 0 Å². The van der Waals surface area contributed by atoms with Gasteiger partial charge in [-0.3, -0.25) is 0 Å². The highest BCUT2D eigenvalue weighted by Crippen LogP contribution is 2.13. The first kappa shape index (κ1) is 14.0. The minimum atomic E-state index is 0.417. The van der Waals surface area contributed by atoms with Gasteiger partial charge in [-0.15, -0.1) is 0 Å². The van der Waals surface area contributed by atoms with E-state index in [0.29, 0.717) is 12.6 Å². The van der Waals surface area contributed by atoms with Crippen molar-refractivity contribution in [3.8, 4) is 6.01 Å². The highest BCUT2D eigenvalue weighted by molar-refractivity contribution is 9.10. The van der Waals surface area contributed by atoms with Crippen LogP contribution in [0.25, 0.3) is 0 Å². The molecule has 0 saturated heterocycles. The molecule has 1 heterocycles. The molecular weight excluding hydrogens is 306 g/mol. The van der Waals surface area contributed by atoms with E-state index in [1.807, 2.05) is 38.2 Å². The standard InChI is InChI=1S/C14H16BrN3O/c1-10-12(7-16-2)8-17-14(18-10)19-9-11-3-5-13(15)6-4-11/h3-6,8,16H,7,9H2,1-2H3. The number of benzene rings is 1. The van der Waals surface area contributed by atoms with Gasteiger partial charge in [0.2, 0.25) is 0 Å². The lowest BCUT2D eigenvalue weighted by Crippen LogP contribution is -2.09. The smallest absolute Gasteiger partial charge is 0.316 e. The van der Waals surface area contributed by atoms with Crippen LogP contribution in [0, 0.1) is 6.92 Å². The van der Waals surface area contributed by atoms with Crippen LogP contribution in [0.1, 0.15) is 16.8 Å². The van der Waals surface area contributed by atoms with Crippen molar-refractivity contribution in [3.05, 3.63) is 51.8 Å². The number of nitrogens with zero attached hydrogens (tertiary/aromatic N) is 2. The number of rotatable bonds is 5. The van der Waals surface area contributed by atoms with Crippen LogP contribution in [0.5, 0.6) is 6.01 Å². The molecule has 0 aliphatic rings. The molecule has 0 bridgehead atoms. The number of aromatic nitrogens is 2. The largest absolute Gasteiger partial charge is 0.459 e. The van der Waals surface area contributed by atoms with Gasteiger partial charge in [0.15, 0.2) is 0 Å². The zero-order valence-electron chi connectivity index (χ0n) is 11.0. The van der Waals surface area contributed by atoms with E-state index >= 15 is 0 Å². The molecule has 0 spiro atoms. The van der Waals surface area contributed by atoms with Crippen molar-refractivity contribution in [1.29, 1.82) is 0 Å². The summed E-state index contributed by atoms with van der Waals surface area (Å²) < 4.78 is 6.64. The first-order valence-corrected chi connectivity index (χ1v) is 6.82. The van der Waals surface area contributed by atoms with Crippen molar-refractivity contribution in [1.82, 2.24) is 15.3 Å². The van der Waals surface area contributed by atoms with E-state index in [0.717, 1.165) is 27.8 Å². The van der Waals surface area contributed by atoms with Crippen molar-refractivity contribution in [3.63, 3.8) is 0 Å². The summed E-state index contributed by atoms with van der Waals surface area (Å²) in [5.41, 5.74) is 3.11. The third kappa shape index (κ3) is 4.01. The number of aryl methyl sites for hydroxylation is 1. The van der Waals surface area contributed by atoms with E-state index in [-0.39, 0.29) is 0 Å². The van der Waals surface area contributed by atoms with Crippen molar-refractivity contribution in [2.45, 2.75) is 20.1 Å². The first-order valence-electron chi connectivity index (χ1n) is 6.03. The normalized spacial score (nSPS) is 10.5. The monoisotopic (exact) mass is 321 g/mol. The third-order valence-electron chi connectivity index (χ3n) is 2.71. The fourth-order valence-electron chi connectivity index (χ4n) is 1.63. The first-order chi connectivity index (χ1) is 9.19. The van der Waals surface area contributed by atoms with Crippen LogP contribution in [0.2, 0.25) is 0 Å². The summed E-state index contributed by atoms with van der Waals surface area (Å²) in [4.78, 5) is 8.55. The van der Waals surface area contributed by atoms with Crippen molar-refractivity contribution < 1.29 is 4.74 Å². The molecule has 0 radical (unpaired) electrons. The Labute approximate surface area is 121 Å². The predicted octanol–water partition coefficient (Wildman–Crippen LogP) is 2.85. The molecule has 2 rings (SSSR count). The number of nitrogens with one attached hydrogen (secondary N) is 1. The van der Waals surface area contributed by atoms with Crippen molar-refractivity contribution >= 4 is 15.9 Å². The van der Waals surface area contributed by atoms with Crippen LogP contribution in [0.15, 0.2) is 34.9 Å². The molecule has 0 aliphatic carbocycles. The fraction of sp³-hybridized carbons (Fsp3) is 0.286. The summed E-state index contributed by atoms with van der Waals surface area (Å²) >= 11 is 3.40.